The SMILES string of the molecule is Fc1cc(-c2nc(N3CCOCC3)c3sc(CN4CC5C=NCC5C4)nc3n2)c2cc[nH]c2c1. The number of thiazole rings is 1. The highest BCUT2D eigenvalue weighted by molar-refractivity contribution is 7.19. The van der Waals surface area contributed by atoms with E-state index in [0.717, 1.165) is 65.7 Å². The normalized spacial score (nSPS) is 22.9. The van der Waals surface area contributed by atoms with Crippen molar-refractivity contribution in [1.82, 2.24) is 24.8 Å². The summed E-state index contributed by atoms with van der Waals surface area (Å²) in [6, 6.07) is 4.95. The number of hydrogen-bond donors (Lipinski definition) is 1. The number of ether oxygens (including phenoxy) is 1. The van der Waals surface area contributed by atoms with Crippen LogP contribution < -0.4 is 4.90 Å². The van der Waals surface area contributed by atoms with Gasteiger partial charge in [-0.25, -0.2) is 19.3 Å². The van der Waals surface area contributed by atoms with Gasteiger partial charge in [0.2, 0.25) is 0 Å². The summed E-state index contributed by atoms with van der Waals surface area (Å²) in [5, 5.41) is 1.94. The molecule has 34 heavy (non-hydrogen) atoms. The number of fused-ring (bicyclic) bond motifs is 3. The number of aliphatic imine (C=N–C) groups is 1. The van der Waals surface area contributed by atoms with Gasteiger partial charge in [-0.05, 0) is 18.2 Å². The number of hydrogen-bond acceptors (Lipinski definition) is 8. The van der Waals surface area contributed by atoms with Crippen molar-refractivity contribution in [3.8, 4) is 11.4 Å². The van der Waals surface area contributed by atoms with E-state index in [-0.39, 0.29) is 5.82 Å². The van der Waals surface area contributed by atoms with Crippen molar-refractivity contribution in [2.24, 2.45) is 16.8 Å². The van der Waals surface area contributed by atoms with Gasteiger partial charge in [-0.15, -0.1) is 11.3 Å². The molecule has 0 amide bonds. The number of halogens is 1. The van der Waals surface area contributed by atoms with Crippen LogP contribution in [0.4, 0.5) is 10.2 Å². The zero-order valence-electron chi connectivity index (χ0n) is 18.6. The largest absolute Gasteiger partial charge is 0.378 e. The smallest absolute Gasteiger partial charge is 0.176 e. The molecule has 1 aromatic carbocycles. The maximum atomic E-state index is 14.4. The number of aromatic amines is 1. The molecule has 2 atom stereocenters. The number of rotatable bonds is 4. The zero-order chi connectivity index (χ0) is 22.6. The van der Waals surface area contributed by atoms with E-state index in [1.165, 1.54) is 12.1 Å². The van der Waals surface area contributed by atoms with Gasteiger partial charge in [-0.2, -0.15) is 0 Å². The summed E-state index contributed by atoms with van der Waals surface area (Å²) >= 11 is 1.67. The number of H-pyrrole nitrogens is 1. The molecular formula is C24H24FN7OS. The van der Waals surface area contributed by atoms with Crippen LogP contribution in [0.2, 0.25) is 0 Å². The van der Waals surface area contributed by atoms with Crippen molar-refractivity contribution < 1.29 is 9.13 Å². The maximum absolute atomic E-state index is 14.4. The molecular weight excluding hydrogens is 453 g/mol. The summed E-state index contributed by atoms with van der Waals surface area (Å²) in [5.74, 6) is 2.26. The van der Waals surface area contributed by atoms with E-state index >= 15 is 0 Å². The van der Waals surface area contributed by atoms with Crippen molar-refractivity contribution in [2.75, 3.05) is 50.8 Å². The predicted octanol–water partition coefficient (Wildman–Crippen LogP) is 3.34. The zero-order valence-corrected chi connectivity index (χ0v) is 19.4. The second-order valence-electron chi connectivity index (χ2n) is 9.26. The topological polar surface area (TPSA) is 82.5 Å². The van der Waals surface area contributed by atoms with Crippen LogP contribution >= 0.6 is 11.3 Å². The highest BCUT2D eigenvalue weighted by atomic mass is 32.1. The lowest BCUT2D eigenvalue weighted by Gasteiger charge is -2.28. The van der Waals surface area contributed by atoms with Crippen LogP contribution in [0, 0.1) is 17.7 Å². The van der Waals surface area contributed by atoms with Crippen molar-refractivity contribution in [1.29, 1.82) is 0 Å². The Hall–Kier alpha value is -2.95. The molecule has 3 aliphatic rings. The Kier molecular flexibility index (Phi) is 4.85. The molecule has 4 aromatic rings. The summed E-state index contributed by atoms with van der Waals surface area (Å²) in [7, 11) is 0. The van der Waals surface area contributed by atoms with Crippen LogP contribution in [-0.2, 0) is 11.3 Å². The van der Waals surface area contributed by atoms with Crippen LogP contribution in [0.25, 0.3) is 32.6 Å². The minimum atomic E-state index is -0.316. The van der Waals surface area contributed by atoms with Gasteiger partial charge in [-0.3, -0.25) is 9.89 Å². The molecule has 2 unspecified atom stereocenters. The predicted molar refractivity (Wildman–Crippen MR) is 131 cm³/mol. The van der Waals surface area contributed by atoms with Crippen LogP contribution in [0.15, 0.2) is 29.4 Å². The van der Waals surface area contributed by atoms with E-state index in [1.807, 2.05) is 12.3 Å². The van der Waals surface area contributed by atoms with Crippen molar-refractivity contribution in [3.05, 3.63) is 35.2 Å². The second-order valence-corrected chi connectivity index (χ2v) is 10.3. The summed E-state index contributed by atoms with van der Waals surface area (Å²) in [6.07, 6.45) is 3.93. The number of benzene rings is 1. The molecule has 6 heterocycles. The molecule has 174 valence electrons. The molecule has 0 saturated carbocycles. The Morgan fingerprint density at radius 1 is 1.15 bits per heavy atom. The number of likely N-dealkylation sites (tertiary alicyclic amines) is 1. The lowest BCUT2D eigenvalue weighted by atomic mass is 10.0. The average Bonchev–Trinajstić information content (AvgIpc) is 3.62. The molecule has 10 heteroatoms. The van der Waals surface area contributed by atoms with E-state index in [2.05, 4.69) is 26.0 Å². The molecule has 1 N–H and O–H groups in total. The molecule has 0 aliphatic carbocycles. The number of anilines is 1. The number of aromatic nitrogens is 4. The first-order chi connectivity index (χ1) is 16.7. The fourth-order valence-electron chi connectivity index (χ4n) is 5.35. The van der Waals surface area contributed by atoms with Crippen molar-refractivity contribution in [3.63, 3.8) is 0 Å². The Morgan fingerprint density at radius 2 is 2.06 bits per heavy atom. The molecule has 7 rings (SSSR count). The Labute approximate surface area is 199 Å². The third-order valence-electron chi connectivity index (χ3n) is 7.03. The standard InChI is InChI=1S/C24H24FN7OS/c25-16-7-18(17-1-2-27-19(17)8-16)22-29-23-21(24(30-22)32-3-5-33-6-4-32)34-20(28-23)13-31-11-14-9-26-10-15(14)12-31/h1-2,7-9,14-15,27H,3-6,10-13H2. The van der Waals surface area contributed by atoms with Crippen LogP contribution in [0.5, 0.6) is 0 Å². The molecule has 2 saturated heterocycles. The van der Waals surface area contributed by atoms with E-state index in [1.54, 1.807) is 11.3 Å². The molecule has 3 aliphatic heterocycles. The van der Waals surface area contributed by atoms with E-state index in [4.69, 9.17) is 19.7 Å². The minimum absolute atomic E-state index is 0.316. The number of nitrogens with zero attached hydrogens (tertiary/aromatic N) is 6. The lowest BCUT2D eigenvalue weighted by molar-refractivity contribution is 0.122. The third kappa shape index (κ3) is 3.48. The fraction of sp³-hybridized carbons (Fsp3) is 0.417. The highest BCUT2D eigenvalue weighted by Crippen LogP contribution is 2.36. The van der Waals surface area contributed by atoms with Gasteiger partial charge in [0.05, 0.1) is 19.8 Å². The third-order valence-corrected chi connectivity index (χ3v) is 8.05. The van der Waals surface area contributed by atoms with Gasteiger partial charge in [-0.1, -0.05) is 0 Å². The van der Waals surface area contributed by atoms with Gasteiger partial charge in [0.25, 0.3) is 0 Å². The quantitative estimate of drug-likeness (QED) is 0.486. The van der Waals surface area contributed by atoms with Crippen LogP contribution in [0.3, 0.4) is 0 Å². The van der Waals surface area contributed by atoms with E-state index in [9.17, 15) is 4.39 Å². The van der Waals surface area contributed by atoms with Gasteiger partial charge >= 0.3 is 0 Å². The maximum Gasteiger partial charge on any atom is 0.176 e. The first-order valence-corrected chi connectivity index (χ1v) is 12.5. The van der Waals surface area contributed by atoms with Crippen molar-refractivity contribution in [2.45, 2.75) is 6.54 Å². The molecule has 0 radical (unpaired) electrons. The molecule has 0 spiro atoms. The highest BCUT2D eigenvalue weighted by Gasteiger charge is 2.34. The van der Waals surface area contributed by atoms with Crippen LogP contribution in [0.1, 0.15) is 5.01 Å². The Balaban J connectivity index is 1.31. The van der Waals surface area contributed by atoms with Gasteiger partial charge in [0, 0.05) is 73.4 Å². The molecule has 2 fully saturated rings. The summed E-state index contributed by atoms with van der Waals surface area (Å²) < 4.78 is 21.0. The monoisotopic (exact) mass is 477 g/mol. The van der Waals surface area contributed by atoms with E-state index < -0.39 is 0 Å². The van der Waals surface area contributed by atoms with E-state index in [0.29, 0.717) is 42.1 Å². The Morgan fingerprint density at radius 3 is 2.94 bits per heavy atom. The average molecular weight is 478 g/mol. The van der Waals surface area contributed by atoms with Crippen LogP contribution in [-0.4, -0.2) is 77.0 Å². The molecule has 0 bridgehead atoms. The molecule has 8 nitrogen and oxygen atoms in total. The second kappa shape index (κ2) is 8.07. The lowest BCUT2D eigenvalue weighted by Crippen LogP contribution is -2.36. The van der Waals surface area contributed by atoms with Crippen molar-refractivity contribution >= 4 is 44.6 Å². The summed E-state index contributed by atoms with van der Waals surface area (Å²) in [4.78, 5) is 27.0. The fourth-order valence-corrected chi connectivity index (χ4v) is 6.41. The first-order valence-electron chi connectivity index (χ1n) is 11.7. The van der Waals surface area contributed by atoms with Gasteiger partial charge < -0.3 is 14.6 Å². The number of nitrogens with one attached hydrogen (secondary N) is 1. The Bertz CT molecular complexity index is 1410. The van der Waals surface area contributed by atoms with Gasteiger partial charge in [0.1, 0.15) is 15.5 Å². The summed E-state index contributed by atoms with van der Waals surface area (Å²) in [5.41, 5.74) is 2.09. The summed E-state index contributed by atoms with van der Waals surface area (Å²) in [6.45, 7) is 6.68. The van der Waals surface area contributed by atoms with Gasteiger partial charge in [0.15, 0.2) is 17.3 Å². The molecule has 3 aromatic heterocycles. The minimum Gasteiger partial charge on any atom is -0.378 e. The number of morpholine rings is 1. The first kappa shape index (κ1) is 20.4.